The summed E-state index contributed by atoms with van der Waals surface area (Å²) in [6.07, 6.45) is 2.47. The Balaban J connectivity index is 0.00000242. The van der Waals surface area contributed by atoms with Crippen LogP contribution in [0.15, 0.2) is 24.3 Å². The molecule has 1 amide bonds. The lowest BCUT2D eigenvalue weighted by Gasteiger charge is -2.31. The van der Waals surface area contributed by atoms with E-state index in [1.807, 2.05) is 7.05 Å². The number of amides is 1. The molecule has 1 fully saturated rings. The topological polar surface area (TPSA) is 49.4 Å². The summed E-state index contributed by atoms with van der Waals surface area (Å²) in [4.78, 5) is 26.0. The van der Waals surface area contributed by atoms with Crippen molar-refractivity contribution in [3.8, 4) is 0 Å². The first kappa shape index (κ1) is 18.9. The molecule has 2 rings (SSSR count). The Labute approximate surface area is 142 Å². The minimum atomic E-state index is -0.0151. The number of carbonyl (C=O) groups is 2. The van der Waals surface area contributed by atoms with Gasteiger partial charge in [-0.15, -0.1) is 12.4 Å². The van der Waals surface area contributed by atoms with E-state index in [9.17, 15) is 9.59 Å². The van der Waals surface area contributed by atoms with E-state index in [0.717, 1.165) is 25.9 Å². The number of hydrogen-bond donors (Lipinski definition) is 1. The molecule has 0 aliphatic carbocycles. The van der Waals surface area contributed by atoms with Crippen molar-refractivity contribution in [1.29, 1.82) is 0 Å². The first-order valence-electron chi connectivity index (χ1n) is 7.33. The van der Waals surface area contributed by atoms with Crippen molar-refractivity contribution >= 4 is 35.7 Å². The first-order valence-corrected chi connectivity index (χ1v) is 7.71. The van der Waals surface area contributed by atoms with Crippen LogP contribution in [0.3, 0.4) is 0 Å². The van der Waals surface area contributed by atoms with E-state index in [2.05, 4.69) is 5.32 Å². The van der Waals surface area contributed by atoms with Crippen molar-refractivity contribution in [3.63, 3.8) is 0 Å². The third-order valence-electron chi connectivity index (χ3n) is 3.98. The largest absolute Gasteiger partial charge is 0.343 e. The van der Waals surface area contributed by atoms with Gasteiger partial charge in [0, 0.05) is 36.5 Å². The third kappa shape index (κ3) is 5.27. The fourth-order valence-corrected chi connectivity index (χ4v) is 2.70. The molecule has 1 aromatic rings. The quantitative estimate of drug-likeness (QED) is 0.835. The van der Waals surface area contributed by atoms with Crippen LogP contribution < -0.4 is 5.32 Å². The van der Waals surface area contributed by atoms with E-state index < -0.39 is 0 Å². The van der Waals surface area contributed by atoms with Crippen molar-refractivity contribution in [3.05, 3.63) is 34.9 Å². The number of rotatable bonds is 5. The molecule has 0 unspecified atom stereocenters. The molecule has 22 heavy (non-hydrogen) atoms. The average molecular weight is 345 g/mol. The second-order valence-electron chi connectivity index (χ2n) is 5.42. The van der Waals surface area contributed by atoms with Gasteiger partial charge < -0.3 is 10.2 Å². The van der Waals surface area contributed by atoms with Crippen LogP contribution in [-0.4, -0.2) is 42.8 Å². The smallest absolute Gasteiger partial charge is 0.223 e. The van der Waals surface area contributed by atoms with Gasteiger partial charge in [-0.1, -0.05) is 11.6 Å². The number of nitrogens with zero attached hydrogens (tertiary/aromatic N) is 1. The minimum absolute atomic E-state index is 0. The van der Waals surface area contributed by atoms with Crippen LogP contribution in [0.25, 0.3) is 0 Å². The molecule has 4 nitrogen and oxygen atoms in total. The molecule has 0 bridgehead atoms. The molecule has 1 aliphatic rings. The highest BCUT2D eigenvalue weighted by Crippen LogP contribution is 2.14. The van der Waals surface area contributed by atoms with Crippen LogP contribution >= 0.6 is 24.0 Å². The Morgan fingerprint density at radius 1 is 1.18 bits per heavy atom. The summed E-state index contributed by atoms with van der Waals surface area (Å²) < 4.78 is 0. The minimum Gasteiger partial charge on any atom is -0.343 e. The number of halogens is 2. The highest BCUT2D eigenvalue weighted by atomic mass is 35.5. The van der Waals surface area contributed by atoms with Crippen molar-refractivity contribution in [2.75, 3.05) is 20.1 Å². The van der Waals surface area contributed by atoms with Gasteiger partial charge in [0.15, 0.2) is 5.78 Å². The van der Waals surface area contributed by atoms with Crippen LogP contribution in [0.2, 0.25) is 5.02 Å². The van der Waals surface area contributed by atoms with Crippen molar-refractivity contribution < 1.29 is 9.59 Å². The molecule has 1 aromatic carbocycles. The van der Waals surface area contributed by atoms with Crippen LogP contribution in [0.5, 0.6) is 0 Å². The summed E-state index contributed by atoms with van der Waals surface area (Å²) in [7, 11) is 1.84. The first-order chi connectivity index (χ1) is 10.1. The number of piperidine rings is 1. The summed E-state index contributed by atoms with van der Waals surface area (Å²) in [5.74, 6) is 0.0305. The monoisotopic (exact) mass is 344 g/mol. The lowest BCUT2D eigenvalue weighted by molar-refractivity contribution is -0.132. The molecule has 0 aromatic heterocycles. The fourth-order valence-electron chi connectivity index (χ4n) is 2.57. The van der Waals surface area contributed by atoms with E-state index in [0.29, 0.717) is 16.6 Å². The van der Waals surface area contributed by atoms with Gasteiger partial charge in [-0.3, -0.25) is 9.59 Å². The van der Waals surface area contributed by atoms with Gasteiger partial charge >= 0.3 is 0 Å². The average Bonchev–Trinajstić information content (AvgIpc) is 2.53. The van der Waals surface area contributed by atoms with E-state index >= 15 is 0 Å². The predicted octanol–water partition coefficient (Wildman–Crippen LogP) is 2.94. The normalized spacial score (nSPS) is 15.0. The molecule has 1 heterocycles. The Kier molecular flexibility index (Phi) is 7.87. The zero-order valence-corrected chi connectivity index (χ0v) is 14.3. The lowest BCUT2D eigenvalue weighted by atomic mass is 10.0. The van der Waals surface area contributed by atoms with Crippen molar-refractivity contribution in [1.82, 2.24) is 10.2 Å². The summed E-state index contributed by atoms with van der Waals surface area (Å²) >= 11 is 5.79. The number of nitrogens with one attached hydrogen (secondary N) is 1. The van der Waals surface area contributed by atoms with Crippen molar-refractivity contribution in [2.45, 2.75) is 31.7 Å². The van der Waals surface area contributed by atoms with E-state index in [4.69, 9.17) is 11.6 Å². The number of benzene rings is 1. The second kappa shape index (κ2) is 9.13. The molecule has 1 N–H and O–H groups in total. The van der Waals surface area contributed by atoms with Gasteiger partial charge in [0.05, 0.1) is 0 Å². The van der Waals surface area contributed by atoms with Crippen LogP contribution in [0, 0.1) is 0 Å². The van der Waals surface area contributed by atoms with Crippen molar-refractivity contribution in [2.24, 2.45) is 0 Å². The van der Waals surface area contributed by atoms with Gasteiger partial charge in [0.25, 0.3) is 0 Å². The molecule has 0 spiro atoms. The molecule has 0 radical (unpaired) electrons. The molecule has 122 valence electrons. The highest BCUT2D eigenvalue weighted by Gasteiger charge is 2.22. The Morgan fingerprint density at radius 3 is 2.36 bits per heavy atom. The van der Waals surface area contributed by atoms with E-state index in [1.54, 1.807) is 29.2 Å². The number of ketones is 1. The van der Waals surface area contributed by atoms with Crippen LogP contribution in [-0.2, 0) is 4.79 Å². The molecule has 6 heteroatoms. The number of Topliss-reactive ketones (excluding diaryl/α,β-unsaturated/α-hetero) is 1. The van der Waals surface area contributed by atoms with E-state index in [-0.39, 0.29) is 36.9 Å². The Bertz CT molecular complexity index is 499. The highest BCUT2D eigenvalue weighted by molar-refractivity contribution is 6.30. The van der Waals surface area contributed by atoms with Gasteiger partial charge in [0.1, 0.15) is 0 Å². The van der Waals surface area contributed by atoms with Gasteiger partial charge in [0.2, 0.25) is 5.91 Å². The second-order valence-corrected chi connectivity index (χ2v) is 5.85. The van der Waals surface area contributed by atoms with Gasteiger partial charge in [-0.05, 0) is 50.2 Å². The zero-order valence-electron chi connectivity index (χ0n) is 12.7. The standard InChI is InChI=1S/C16H21ClN2O2.ClH/c1-19(14-8-10-18-11-9-14)16(21)7-6-15(20)12-2-4-13(17)5-3-12;/h2-5,14,18H,6-11H2,1H3;1H. The zero-order chi connectivity index (χ0) is 15.2. The number of carbonyl (C=O) groups excluding carboxylic acids is 2. The molecule has 0 saturated carbocycles. The molecule has 0 atom stereocenters. The third-order valence-corrected chi connectivity index (χ3v) is 4.23. The van der Waals surface area contributed by atoms with E-state index in [1.165, 1.54) is 0 Å². The lowest BCUT2D eigenvalue weighted by Crippen LogP contribution is -2.44. The summed E-state index contributed by atoms with van der Waals surface area (Å²) in [6.45, 7) is 1.90. The Hall–Kier alpha value is -1.10. The maximum absolute atomic E-state index is 12.2. The maximum atomic E-state index is 12.2. The maximum Gasteiger partial charge on any atom is 0.223 e. The number of hydrogen-bond acceptors (Lipinski definition) is 3. The molecule has 1 aliphatic heterocycles. The molecular formula is C16H22Cl2N2O2. The van der Waals surface area contributed by atoms with Gasteiger partial charge in [-0.2, -0.15) is 0 Å². The van der Waals surface area contributed by atoms with Crippen LogP contribution in [0.1, 0.15) is 36.0 Å². The molecular weight excluding hydrogens is 323 g/mol. The molecule has 1 saturated heterocycles. The Morgan fingerprint density at radius 2 is 1.77 bits per heavy atom. The van der Waals surface area contributed by atoms with Gasteiger partial charge in [-0.25, -0.2) is 0 Å². The summed E-state index contributed by atoms with van der Waals surface area (Å²) in [5.41, 5.74) is 0.608. The SMILES string of the molecule is CN(C(=O)CCC(=O)c1ccc(Cl)cc1)C1CCNCC1.Cl. The van der Waals surface area contributed by atoms with Crippen LogP contribution in [0.4, 0.5) is 0 Å². The summed E-state index contributed by atoms with van der Waals surface area (Å²) in [6, 6.07) is 7.08. The predicted molar refractivity (Wildman–Crippen MR) is 90.9 cm³/mol. The fraction of sp³-hybridized carbons (Fsp3) is 0.500. The summed E-state index contributed by atoms with van der Waals surface area (Å²) in [5, 5.41) is 3.89.